The Morgan fingerprint density at radius 1 is 0.654 bits per heavy atom. The molecule has 0 amide bonds. The molecular weight excluding hydrogens is 343 g/mol. The van der Waals surface area contributed by atoms with Crippen molar-refractivity contribution in [2.24, 2.45) is 11.8 Å². The third-order valence-electron chi connectivity index (χ3n) is 4.71. The molecule has 0 saturated carbocycles. The van der Waals surface area contributed by atoms with E-state index < -0.39 is 7.60 Å². The Morgan fingerprint density at radius 3 is 1.54 bits per heavy atom. The highest BCUT2D eigenvalue weighted by Crippen LogP contribution is 2.49. The normalized spacial score (nSPS) is 12.4. The first kappa shape index (κ1) is 26.1. The number of hydrogen-bond acceptors (Lipinski definition) is 3. The van der Waals surface area contributed by atoms with E-state index in [2.05, 4.69) is 34.6 Å². The first-order chi connectivity index (χ1) is 12.4. The predicted octanol–water partition coefficient (Wildman–Crippen LogP) is 8.23. The fraction of sp³-hybridized carbons (Fsp3) is 1.00. The quantitative estimate of drug-likeness (QED) is 0.165. The van der Waals surface area contributed by atoms with Crippen LogP contribution in [0.1, 0.15) is 112 Å². The maximum atomic E-state index is 13.0. The van der Waals surface area contributed by atoms with E-state index >= 15 is 0 Å². The Bertz CT molecular complexity index is 318. The Kier molecular flexibility index (Phi) is 17.4. The van der Waals surface area contributed by atoms with Crippen molar-refractivity contribution in [3.63, 3.8) is 0 Å². The van der Waals surface area contributed by atoms with Crippen LogP contribution in [0.15, 0.2) is 0 Å². The van der Waals surface area contributed by atoms with E-state index in [4.69, 9.17) is 9.05 Å². The highest BCUT2D eigenvalue weighted by Gasteiger charge is 2.23. The summed E-state index contributed by atoms with van der Waals surface area (Å²) < 4.78 is 24.6. The van der Waals surface area contributed by atoms with Gasteiger partial charge in [-0.3, -0.25) is 4.57 Å². The summed E-state index contributed by atoms with van der Waals surface area (Å²) in [5, 5.41) is 0. The molecule has 26 heavy (non-hydrogen) atoms. The van der Waals surface area contributed by atoms with Gasteiger partial charge in [-0.05, 0) is 31.1 Å². The molecule has 0 unspecified atom stereocenters. The lowest BCUT2D eigenvalue weighted by Crippen LogP contribution is -2.04. The fourth-order valence-corrected chi connectivity index (χ4v) is 4.73. The Balaban J connectivity index is 4.06. The molecule has 0 aromatic carbocycles. The zero-order valence-corrected chi connectivity index (χ0v) is 19.3. The van der Waals surface area contributed by atoms with Gasteiger partial charge in [0.25, 0.3) is 0 Å². The van der Waals surface area contributed by atoms with Gasteiger partial charge in [-0.1, -0.05) is 92.4 Å². The van der Waals surface area contributed by atoms with Crippen molar-refractivity contribution in [2.75, 3.05) is 19.4 Å². The maximum absolute atomic E-state index is 13.0. The molecule has 0 atom stereocenters. The van der Waals surface area contributed by atoms with Crippen LogP contribution in [0.4, 0.5) is 0 Å². The fourth-order valence-electron chi connectivity index (χ4n) is 2.97. The maximum Gasteiger partial charge on any atom is 0.330 e. The average molecular weight is 391 g/mol. The third-order valence-corrected chi connectivity index (χ3v) is 6.73. The molecule has 4 heteroatoms. The molecule has 0 bridgehead atoms. The zero-order chi connectivity index (χ0) is 19.7. The minimum Gasteiger partial charge on any atom is -0.309 e. The summed E-state index contributed by atoms with van der Waals surface area (Å²) in [5.41, 5.74) is 0. The van der Waals surface area contributed by atoms with Gasteiger partial charge in [0.05, 0.1) is 19.4 Å². The molecule has 3 nitrogen and oxygen atoms in total. The summed E-state index contributed by atoms with van der Waals surface area (Å²) in [4.78, 5) is 0. The van der Waals surface area contributed by atoms with E-state index in [1.807, 2.05) is 0 Å². The second-order valence-corrected chi connectivity index (χ2v) is 10.7. The van der Waals surface area contributed by atoms with Crippen molar-refractivity contribution in [2.45, 2.75) is 112 Å². The van der Waals surface area contributed by atoms with Crippen LogP contribution in [0.25, 0.3) is 0 Å². The smallest absolute Gasteiger partial charge is 0.309 e. The Hall–Kier alpha value is 0.150. The summed E-state index contributed by atoms with van der Waals surface area (Å²) in [5.74, 6) is 1.53. The van der Waals surface area contributed by atoms with Gasteiger partial charge in [-0.25, -0.2) is 0 Å². The molecule has 0 aromatic heterocycles. The Labute approximate surface area is 164 Å². The minimum atomic E-state index is -2.89. The number of rotatable bonds is 19. The van der Waals surface area contributed by atoms with Crippen molar-refractivity contribution in [1.82, 2.24) is 0 Å². The zero-order valence-electron chi connectivity index (χ0n) is 18.4. The van der Waals surface area contributed by atoms with Crippen molar-refractivity contribution in [3.8, 4) is 0 Å². The lowest BCUT2D eigenvalue weighted by atomic mass is 10.1. The lowest BCUT2D eigenvalue weighted by Gasteiger charge is -2.19. The first-order valence-corrected chi connectivity index (χ1v) is 13.0. The molecule has 0 saturated heterocycles. The van der Waals surface area contributed by atoms with Crippen LogP contribution < -0.4 is 0 Å². The predicted molar refractivity (Wildman–Crippen MR) is 115 cm³/mol. The monoisotopic (exact) mass is 390 g/mol. The van der Waals surface area contributed by atoms with Gasteiger partial charge >= 0.3 is 7.60 Å². The van der Waals surface area contributed by atoms with Gasteiger partial charge in [-0.15, -0.1) is 0 Å². The van der Waals surface area contributed by atoms with Crippen LogP contribution >= 0.6 is 7.60 Å². The summed E-state index contributed by atoms with van der Waals surface area (Å²) in [6, 6.07) is 0. The highest BCUT2D eigenvalue weighted by molar-refractivity contribution is 7.53. The molecule has 0 heterocycles. The molecule has 0 aliphatic rings. The van der Waals surface area contributed by atoms with Gasteiger partial charge < -0.3 is 9.05 Å². The molecule has 0 fully saturated rings. The molecule has 0 aliphatic heterocycles. The van der Waals surface area contributed by atoms with E-state index in [0.29, 0.717) is 19.4 Å². The summed E-state index contributed by atoms with van der Waals surface area (Å²) in [6.07, 6.45) is 14.3. The molecule has 0 N–H and O–H groups in total. The van der Waals surface area contributed by atoms with Crippen LogP contribution in [0, 0.1) is 11.8 Å². The highest BCUT2D eigenvalue weighted by atomic mass is 31.2. The van der Waals surface area contributed by atoms with Crippen molar-refractivity contribution in [1.29, 1.82) is 0 Å². The van der Waals surface area contributed by atoms with Crippen LogP contribution in [-0.4, -0.2) is 19.4 Å². The SMILES string of the molecule is CCCCCCP(=O)(OCCCCCC(C)C)OCCCCCC(C)C. The van der Waals surface area contributed by atoms with Crippen molar-refractivity contribution >= 4 is 7.60 Å². The summed E-state index contributed by atoms with van der Waals surface area (Å²) >= 11 is 0. The molecule has 158 valence electrons. The van der Waals surface area contributed by atoms with Crippen LogP contribution in [-0.2, 0) is 13.6 Å². The second-order valence-electron chi connectivity index (χ2n) is 8.55. The first-order valence-electron chi connectivity index (χ1n) is 11.3. The van der Waals surface area contributed by atoms with Gasteiger partial charge in [-0.2, -0.15) is 0 Å². The van der Waals surface area contributed by atoms with E-state index in [0.717, 1.165) is 50.4 Å². The molecule has 0 rings (SSSR count). The van der Waals surface area contributed by atoms with E-state index in [-0.39, 0.29) is 0 Å². The van der Waals surface area contributed by atoms with Crippen molar-refractivity contribution in [3.05, 3.63) is 0 Å². The van der Waals surface area contributed by atoms with Crippen molar-refractivity contribution < 1.29 is 13.6 Å². The largest absolute Gasteiger partial charge is 0.330 e. The summed E-state index contributed by atoms with van der Waals surface area (Å²) in [7, 11) is -2.89. The topological polar surface area (TPSA) is 35.5 Å². The second kappa shape index (κ2) is 17.3. The lowest BCUT2D eigenvalue weighted by molar-refractivity contribution is 0.196. The number of hydrogen-bond donors (Lipinski definition) is 0. The van der Waals surface area contributed by atoms with E-state index in [9.17, 15) is 4.57 Å². The van der Waals surface area contributed by atoms with Gasteiger partial charge in [0, 0.05) is 0 Å². The molecule has 0 aliphatic carbocycles. The van der Waals surface area contributed by atoms with E-state index in [1.165, 1.54) is 38.5 Å². The van der Waals surface area contributed by atoms with Crippen LogP contribution in [0.2, 0.25) is 0 Å². The van der Waals surface area contributed by atoms with Gasteiger partial charge in [0.15, 0.2) is 0 Å². The average Bonchev–Trinajstić information content (AvgIpc) is 2.58. The molecule has 0 radical (unpaired) electrons. The minimum absolute atomic E-state index is 0.580. The Morgan fingerprint density at radius 2 is 1.12 bits per heavy atom. The van der Waals surface area contributed by atoms with Crippen LogP contribution in [0.5, 0.6) is 0 Å². The summed E-state index contributed by atoms with van der Waals surface area (Å²) in [6.45, 7) is 12.4. The molecule has 0 spiro atoms. The van der Waals surface area contributed by atoms with Gasteiger partial charge in [0.2, 0.25) is 0 Å². The number of unbranched alkanes of at least 4 members (excludes halogenated alkanes) is 7. The van der Waals surface area contributed by atoms with Crippen LogP contribution in [0.3, 0.4) is 0 Å². The van der Waals surface area contributed by atoms with Gasteiger partial charge in [0.1, 0.15) is 0 Å². The molecule has 0 aromatic rings. The third kappa shape index (κ3) is 17.6. The standard InChI is InChI=1S/C22H47O3P/c1-6-7-8-15-20-26(23,24-18-13-9-11-16-21(2)3)25-19-14-10-12-17-22(4)5/h21-22H,6-20H2,1-5H3. The molecular formula is C22H47O3P. The van der Waals surface area contributed by atoms with E-state index in [1.54, 1.807) is 0 Å².